The number of hydrogen-bond acceptors (Lipinski definition) is 5. The maximum Gasteiger partial charge on any atom is 0.256 e. The minimum Gasteiger partial charge on any atom is -0.375 e. The van der Waals surface area contributed by atoms with Gasteiger partial charge >= 0.3 is 0 Å². The molecule has 200 valence electrons. The van der Waals surface area contributed by atoms with Gasteiger partial charge in [-0.15, -0.1) is 0 Å². The van der Waals surface area contributed by atoms with Crippen molar-refractivity contribution in [3.63, 3.8) is 0 Å². The van der Waals surface area contributed by atoms with Gasteiger partial charge in [0.15, 0.2) is 0 Å². The third-order valence-electron chi connectivity index (χ3n) is 7.35. The molecule has 4 heterocycles. The molecule has 0 bridgehead atoms. The number of halogens is 2. The summed E-state index contributed by atoms with van der Waals surface area (Å²) in [6, 6.07) is 20.7. The summed E-state index contributed by atoms with van der Waals surface area (Å²) < 4.78 is 33.1. The molecule has 2 aromatic carbocycles. The highest BCUT2D eigenvalue weighted by Gasteiger charge is 2.33. The molecule has 40 heavy (non-hydrogen) atoms. The Balaban J connectivity index is 1.24. The molecular weight excluding hydrogens is 512 g/mol. The van der Waals surface area contributed by atoms with E-state index in [1.54, 1.807) is 29.1 Å². The molecule has 0 aliphatic carbocycles. The van der Waals surface area contributed by atoms with Crippen molar-refractivity contribution in [2.24, 2.45) is 0 Å². The van der Waals surface area contributed by atoms with Crippen molar-refractivity contribution in [2.45, 2.75) is 38.5 Å². The van der Waals surface area contributed by atoms with Gasteiger partial charge in [-0.3, -0.25) is 9.78 Å². The van der Waals surface area contributed by atoms with E-state index in [0.29, 0.717) is 29.1 Å². The van der Waals surface area contributed by atoms with Crippen molar-refractivity contribution in [2.75, 3.05) is 6.61 Å². The molecule has 1 aliphatic rings. The zero-order valence-corrected chi connectivity index (χ0v) is 21.7. The molecule has 0 saturated heterocycles. The minimum absolute atomic E-state index is 0.197. The molecule has 7 nitrogen and oxygen atoms in total. The number of alkyl halides is 2. The lowest BCUT2D eigenvalue weighted by Gasteiger charge is -2.30. The summed E-state index contributed by atoms with van der Waals surface area (Å²) in [6.07, 6.45) is 0.942. The predicted molar refractivity (Wildman–Crippen MR) is 147 cm³/mol. The number of ether oxygens (including phenoxy) is 1. The van der Waals surface area contributed by atoms with Crippen LogP contribution in [-0.2, 0) is 29.8 Å². The second-order valence-corrected chi connectivity index (χ2v) is 10.2. The zero-order valence-electron chi connectivity index (χ0n) is 21.7. The Morgan fingerprint density at radius 3 is 2.90 bits per heavy atom. The van der Waals surface area contributed by atoms with Crippen molar-refractivity contribution in [3.8, 4) is 17.3 Å². The van der Waals surface area contributed by atoms with Crippen LogP contribution in [0, 0.1) is 11.3 Å². The summed E-state index contributed by atoms with van der Waals surface area (Å²) >= 11 is 0. The lowest BCUT2D eigenvalue weighted by molar-refractivity contribution is 0.0757. The number of fused-ring (bicyclic) bond motifs is 3. The number of nitrogens with zero attached hydrogens (tertiary/aromatic N) is 4. The number of carbonyl (C=O) groups excluding carboxylic acids is 1. The molecule has 5 aromatic rings. The average molecular weight is 538 g/mol. The number of pyridine rings is 2. The maximum absolute atomic E-state index is 13.0. The van der Waals surface area contributed by atoms with E-state index in [-0.39, 0.29) is 25.6 Å². The van der Waals surface area contributed by atoms with Crippen molar-refractivity contribution >= 4 is 27.7 Å². The zero-order chi connectivity index (χ0) is 27.9. The number of aromatic nitrogens is 3. The van der Waals surface area contributed by atoms with Crippen LogP contribution in [0.3, 0.4) is 0 Å². The predicted octanol–water partition coefficient (Wildman–Crippen LogP) is 5.76. The van der Waals surface area contributed by atoms with Crippen LogP contribution >= 0.6 is 0 Å². The van der Waals surface area contributed by atoms with Crippen molar-refractivity contribution in [1.29, 1.82) is 5.26 Å². The van der Waals surface area contributed by atoms with Crippen LogP contribution in [0.5, 0.6) is 0 Å². The molecule has 1 N–H and O–H groups in total. The van der Waals surface area contributed by atoms with E-state index in [0.717, 1.165) is 33.0 Å². The molecule has 0 radical (unpaired) electrons. The number of rotatable bonds is 6. The first-order chi connectivity index (χ1) is 19.3. The SMILES string of the molecule is C[C@@]1(C#N)COCc2ccc(C(=O)NCc3cc4nc(-c5cccc6c5ccn6CC(F)F)ccc4cn3)cc21. The van der Waals surface area contributed by atoms with Gasteiger partial charge in [-0.1, -0.05) is 18.2 Å². The van der Waals surface area contributed by atoms with Gasteiger partial charge in [-0.25, -0.2) is 13.8 Å². The molecule has 3 aromatic heterocycles. The Labute approximate surface area is 229 Å². The lowest BCUT2D eigenvalue weighted by Crippen LogP contribution is -2.33. The van der Waals surface area contributed by atoms with Gasteiger partial charge in [-0.05, 0) is 60.5 Å². The van der Waals surface area contributed by atoms with Gasteiger partial charge in [-0.2, -0.15) is 5.26 Å². The van der Waals surface area contributed by atoms with E-state index in [1.807, 2.05) is 55.5 Å². The third-order valence-corrected chi connectivity index (χ3v) is 7.35. The highest BCUT2D eigenvalue weighted by Crippen LogP contribution is 2.33. The molecule has 1 aliphatic heterocycles. The molecular formula is C31H25F2N5O2. The second kappa shape index (κ2) is 10.1. The van der Waals surface area contributed by atoms with Crippen molar-refractivity contribution < 1.29 is 18.3 Å². The van der Waals surface area contributed by atoms with Gasteiger partial charge in [0.05, 0.1) is 49.3 Å². The molecule has 1 amide bonds. The van der Waals surface area contributed by atoms with Crippen molar-refractivity contribution in [1.82, 2.24) is 19.9 Å². The monoisotopic (exact) mass is 537 g/mol. The largest absolute Gasteiger partial charge is 0.375 e. The van der Waals surface area contributed by atoms with E-state index in [4.69, 9.17) is 9.72 Å². The van der Waals surface area contributed by atoms with Gasteiger partial charge in [0.25, 0.3) is 12.3 Å². The summed E-state index contributed by atoms with van der Waals surface area (Å²) in [4.78, 5) is 22.3. The van der Waals surface area contributed by atoms with Gasteiger partial charge in [0.1, 0.15) is 5.41 Å². The summed E-state index contributed by atoms with van der Waals surface area (Å²) in [7, 11) is 0. The first-order valence-corrected chi connectivity index (χ1v) is 12.9. The summed E-state index contributed by atoms with van der Waals surface area (Å²) in [5.41, 5.74) is 5.02. The number of carbonyl (C=O) groups is 1. The van der Waals surface area contributed by atoms with Crippen LogP contribution in [0.4, 0.5) is 8.78 Å². The van der Waals surface area contributed by atoms with Crippen LogP contribution in [0.2, 0.25) is 0 Å². The Bertz CT molecular complexity index is 1810. The van der Waals surface area contributed by atoms with E-state index in [9.17, 15) is 18.8 Å². The fraction of sp³-hybridized carbons (Fsp3) is 0.226. The highest BCUT2D eigenvalue weighted by atomic mass is 19.3. The first-order valence-electron chi connectivity index (χ1n) is 12.9. The number of hydrogen-bond donors (Lipinski definition) is 1. The third kappa shape index (κ3) is 4.67. The van der Waals surface area contributed by atoms with Gasteiger partial charge in [0, 0.05) is 39.8 Å². The van der Waals surface area contributed by atoms with E-state index >= 15 is 0 Å². The minimum atomic E-state index is -2.44. The number of amides is 1. The lowest BCUT2D eigenvalue weighted by atomic mass is 9.79. The van der Waals surface area contributed by atoms with E-state index < -0.39 is 11.8 Å². The molecule has 0 unspecified atom stereocenters. The van der Waals surface area contributed by atoms with E-state index in [2.05, 4.69) is 16.4 Å². The summed E-state index contributed by atoms with van der Waals surface area (Å²) in [5, 5.41) is 14.3. The Hall–Kier alpha value is -4.68. The Kier molecular flexibility index (Phi) is 6.48. The van der Waals surface area contributed by atoms with Crippen LogP contribution < -0.4 is 5.32 Å². The van der Waals surface area contributed by atoms with Crippen LogP contribution in [-0.4, -0.2) is 33.5 Å². The number of nitrogens with one attached hydrogen (secondary N) is 1. The van der Waals surface area contributed by atoms with Crippen LogP contribution in [0.15, 0.2) is 73.1 Å². The smallest absolute Gasteiger partial charge is 0.256 e. The summed E-state index contributed by atoms with van der Waals surface area (Å²) in [6.45, 7) is 2.35. The standard InChI is InChI=1S/C31H25F2N5O2/c1-31(17-34)18-40-16-21-6-5-19(11-25(21)31)30(39)36-14-22-12-27-20(13-35-22)7-8-26(37-27)23-3-2-4-28-24(23)9-10-38(28)15-29(32)33/h2-13,29H,14-16,18H2,1H3,(H,36,39)/t31-/m1/s1. The molecule has 0 spiro atoms. The Morgan fingerprint density at radius 1 is 1.20 bits per heavy atom. The molecule has 6 rings (SSSR count). The second-order valence-electron chi connectivity index (χ2n) is 10.2. The normalized spacial score (nSPS) is 16.7. The van der Waals surface area contributed by atoms with Crippen molar-refractivity contribution in [3.05, 3.63) is 95.4 Å². The fourth-order valence-electron chi connectivity index (χ4n) is 5.22. The highest BCUT2D eigenvalue weighted by molar-refractivity contribution is 5.96. The number of nitriles is 1. The quantitative estimate of drug-likeness (QED) is 0.297. The molecule has 0 fully saturated rings. The summed E-state index contributed by atoms with van der Waals surface area (Å²) in [5.74, 6) is -0.266. The van der Waals surface area contributed by atoms with Crippen LogP contribution in [0.1, 0.15) is 34.1 Å². The number of benzene rings is 2. The topological polar surface area (TPSA) is 92.8 Å². The first kappa shape index (κ1) is 25.6. The van der Waals surface area contributed by atoms with Crippen LogP contribution in [0.25, 0.3) is 33.1 Å². The van der Waals surface area contributed by atoms with Gasteiger partial charge < -0.3 is 14.6 Å². The molecule has 1 atom stereocenters. The molecule has 9 heteroatoms. The van der Waals surface area contributed by atoms with E-state index in [1.165, 1.54) is 0 Å². The molecule has 0 saturated carbocycles. The average Bonchev–Trinajstić information content (AvgIpc) is 3.37. The maximum atomic E-state index is 13.0. The fourth-order valence-corrected chi connectivity index (χ4v) is 5.22. The Morgan fingerprint density at radius 2 is 2.08 bits per heavy atom. The van der Waals surface area contributed by atoms with Gasteiger partial charge in [0.2, 0.25) is 0 Å².